The maximum Gasteiger partial charge on any atom is 0.220 e. The van der Waals surface area contributed by atoms with Crippen molar-refractivity contribution < 1.29 is 14.3 Å². The number of fused-ring (bicyclic) bond motifs is 1. The van der Waals surface area contributed by atoms with E-state index >= 15 is 0 Å². The van der Waals surface area contributed by atoms with Gasteiger partial charge < -0.3 is 26.0 Å². The first-order chi connectivity index (χ1) is 23.9. The number of carbonyl (C=O) groups excluding carboxylic acids is 2. The third-order valence-corrected chi connectivity index (χ3v) is 10.6. The summed E-state index contributed by atoms with van der Waals surface area (Å²) in [4.78, 5) is 32.9. The van der Waals surface area contributed by atoms with Crippen LogP contribution in [0.4, 0.5) is 0 Å². The maximum atomic E-state index is 11.6. The van der Waals surface area contributed by atoms with Crippen LogP contribution in [0.3, 0.4) is 0 Å². The van der Waals surface area contributed by atoms with E-state index in [-0.39, 0.29) is 29.9 Å². The van der Waals surface area contributed by atoms with E-state index in [0.29, 0.717) is 47.6 Å². The summed E-state index contributed by atoms with van der Waals surface area (Å²) in [6.45, 7) is 2.00. The van der Waals surface area contributed by atoms with Crippen LogP contribution in [-0.2, 0) is 22.6 Å². The number of amides is 2. The molecule has 3 atom stereocenters. The van der Waals surface area contributed by atoms with Crippen molar-refractivity contribution in [3.8, 4) is 39.4 Å². The second kappa shape index (κ2) is 14.8. The number of halogens is 2. The average Bonchev–Trinajstić information content (AvgIpc) is 3.74. The van der Waals surface area contributed by atoms with Crippen molar-refractivity contribution in [2.45, 2.75) is 69.6 Å². The molecule has 0 bridgehead atoms. The number of ether oxygens (including phenoxy) is 1. The van der Waals surface area contributed by atoms with E-state index in [1.165, 1.54) is 5.56 Å². The van der Waals surface area contributed by atoms with Gasteiger partial charge in [-0.3, -0.25) is 14.6 Å². The Bertz CT molecular complexity index is 1880. The van der Waals surface area contributed by atoms with Crippen LogP contribution >= 0.6 is 23.2 Å². The van der Waals surface area contributed by atoms with Crippen molar-refractivity contribution in [2.24, 2.45) is 0 Å². The zero-order valence-electron chi connectivity index (χ0n) is 27.5. The van der Waals surface area contributed by atoms with Crippen molar-refractivity contribution in [2.75, 3.05) is 20.2 Å². The number of methoxy groups -OCH3 is 1. The Morgan fingerprint density at radius 3 is 2.20 bits per heavy atom. The highest BCUT2D eigenvalue weighted by Gasteiger charge is 2.26. The molecule has 0 saturated carbocycles. The molecule has 11 heteroatoms. The summed E-state index contributed by atoms with van der Waals surface area (Å²) in [7, 11) is 1.61. The highest BCUT2D eigenvalue weighted by Crippen LogP contribution is 2.43. The molecule has 0 unspecified atom stereocenters. The Balaban J connectivity index is 1.10. The van der Waals surface area contributed by atoms with Gasteiger partial charge in [0.05, 0.1) is 28.5 Å². The number of nitrogens with one attached hydrogen (secondary N) is 4. The van der Waals surface area contributed by atoms with Gasteiger partial charge in [-0.15, -0.1) is 0 Å². The van der Waals surface area contributed by atoms with Crippen LogP contribution in [0.15, 0.2) is 60.8 Å². The van der Waals surface area contributed by atoms with Crippen molar-refractivity contribution in [3.05, 3.63) is 87.7 Å². The molecule has 2 aliphatic heterocycles. The lowest BCUT2D eigenvalue weighted by atomic mass is 9.89. The normalized spacial score (nSPS) is 20.2. The molecule has 0 spiro atoms. The number of aryl methyl sites for hydroxylation is 1. The Morgan fingerprint density at radius 1 is 0.837 bits per heavy atom. The molecule has 4 aromatic rings. The topological polar surface area (TPSA) is 117 Å². The van der Waals surface area contributed by atoms with Gasteiger partial charge in [-0.25, -0.2) is 4.98 Å². The smallest absolute Gasteiger partial charge is 0.220 e. The number of carbonyl (C=O) groups is 2. The standard InChI is InChI=1S/C38H40Cl2N6O3/c1-49-38-23(18-41-20-25-12-15-33(47)44-25)11-14-31(46-38)30-9-4-8-29(36(30)40)28-7-3-6-27(35(28)39)24-17-22-5-2-10-32(37(22)43-19-24)42-21-26-13-16-34(48)45-26/h3-4,6-9,11,14,17,19,25-26,32,41-42H,2,5,10,12-13,15-16,18,20-21H2,1H3,(H,44,47)(H,45,48)/t25-,26+,32+/m0/s1. The summed E-state index contributed by atoms with van der Waals surface area (Å²) in [6, 6.07) is 18.5. The van der Waals surface area contributed by atoms with Crippen LogP contribution in [0, 0.1) is 0 Å². The number of pyridine rings is 2. The van der Waals surface area contributed by atoms with E-state index in [9.17, 15) is 9.59 Å². The second-order valence-electron chi connectivity index (χ2n) is 13.1. The van der Waals surface area contributed by atoms with Gasteiger partial charge in [-0.1, -0.05) is 65.7 Å². The van der Waals surface area contributed by atoms with E-state index in [1.54, 1.807) is 7.11 Å². The number of benzene rings is 2. The molecule has 0 radical (unpaired) electrons. The third kappa shape index (κ3) is 7.31. The highest BCUT2D eigenvalue weighted by atomic mass is 35.5. The Morgan fingerprint density at radius 2 is 1.51 bits per heavy atom. The largest absolute Gasteiger partial charge is 0.481 e. The number of hydrogen-bond donors (Lipinski definition) is 4. The minimum Gasteiger partial charge on any atom is -0.481 e. The lowest BCUT2D eigenvalue weighted by molar-refractivity contribution is -0.120. The van der Waals surface area contributed by atoms with Crippen LogP contribution in [-0.4, -0.2) is 54.1 Å². The summed E-state index contributed by atoms with van der Waals surface area (Å²) < 4.78 is 5.66. The Labute approximate surface area is 296 Å². The van der Waals surface area contributed by atoms with Gasteiger partial charge in [-0.05, 0) is 49.8 Å². The Hall–Kier alpha value is -4.02. The molecule has 9 nitrogen and oxygen atoms in total. The first-order valence-electron chi connectivity index (χ1n) is 17.0. The van der Waals surface area contributed by atoms with Crippen molar-refractivity contribution >= 4 is 35.0 Å². The molecule has 2 saturated heterocycles. The number of aromatic nitrogens is 2. The van der Waals surface area contributed by atoms with E-state index in [0.717, 1.165) is 77.7 Å². The van der Waals surface area contributed by atoms with E-state index in [2.05, 4.69) is 27.3 Å². The van der Waals surface area contributed by atoms with E-state index in [1.807, 2.05) is 54.7 Å². The van der Waals surface area contributed by atoms with Gasteiger partial charge in [0.1, 0.15) is 0 Å². The molecule has 2 aromatic carbocycles. The summed E-state index contributed by atoms with van der Waals surface area (Å²) in [6.07, 6.45) is 7.86. The van der Waals surface area contributed by atoms with Crippen LogP contribution < -0.4 is 26.0 Å². The maximum absolute atomic E-state index is 11.6. The van der Waals surface area contributed by atoms with Crippen LogP contribution in [0.5, 0.6) is 5.88 Å². The SMILES string of the molecule is COc1nc(-c2cccc(-c3cccc(-c4cnc5c(c4)CCC[C@H]5NC[C@H]4CCC(=O)N4)c3Cl)c2Cl)ccc1CNC[C@@H]1CCC(=O)N1. The monoisotopic (exact) mass is 698 g/mol. The molecule has 2 aromatic heterocycles. The van der Waals surface area contributed by atoms with Crippen molar-refractivity contribution in [1.29, 1.82) is 0 Å². The van der Waals surface area contributed by atoms with Gasteiger partial charge in [0.15, 0.2) is 0 Å². The molecule has 2 fully saturated rings. The summed E-state index contributed by atoms with van der Waals surface area (Å²) in [5.74, 6) is 0.757. The van der Waals surface area contributed by atoms with Crippen LogP contribution in [0.25, 0.3) is 33.5 Å². The zero-order chi connectivity index (χ0) is 33.9. The first kappa shape index (κ1) is 33.5. The minimum atomic E-state index is 0.105. The summed E-state index contributed by atoms with van der Waals surface area (Å²) in [5.41, 5.74) is 8.19. The lowest BCUT2D eigenvalue weighted by Gasteiger charge is -2.27. The fraction of sp³-hybridized carbons (Fsp3) is 0.368. The average molecular weight is 700 g/mol. The van der Waals surface area contributed by atoms with Crippen molar-refractivity contribution in [3.63, 3.8) is 0 Å². The third-order valence-electron chi connectivity index (χ3n) is 9.76. The van der Waals surface area contributed by atoms with Gasteiger partial charge >= 0.3 is 0 Å². The Kier molecular flexibility index (Phi) is 10.1. The van der Waals surface area contributed by atoms with E-state index in [4.69, 9.17) is 37.9 Å². The molecule has 1 aliphatic carbocycles. The van der Waals surface area contributed by atoms with Crippen molar-refractivity contribution in [1.82, 2.24) is 31.2 Å². The van der Waals surface area contributed by atoms with Crippen LogP contribution in [0.2, 0.25) is 10.0 Å². The van der Waals surface area contributed by atoms with Gasteiger partial charge in [-0.2, -0.15) is 0 Å². The van der Waals surface area contributed by atoms with Gasteiger partial charge in [0.2, 0.25) is 17.7 Å². The number of nitrogens with zero attached hydrogens (tertiary/aromatic N) is 2. The predicted molar refractivity (Wildman–Crippen MR) is 193 cm³/mol. The molecule has 2 amide bonds. The summed E-state index contributed by atoms with van der Waals surface area (Å²) >= 11 is 14.3. The summed E-state index contributed by atoms with van der Waals surface area (Å²) in [5, 5.41) is 14.2. The minimum absolute atomic E-state index is 0.105. The molecule has 4 heterocycles. The quantitative estimate of drug-likeness (QED) is 0.143. The molecule has 254 valence electrons. The molecule has 49 heavy (non-hydrogen) atoms. The highest BCUT2D eigenvalue weighted by molar-refractivity contribution is 6.39. The zero-order valence-corrected chi connectivity index (χ0v) is 29.0. The molecule has 3 aliphatic rings. The first-order valence-corrected chi connectivity index (χ1v) is 17.8. The van der Waals surface area contributed by atoms with Gasteiger partial charge in [0.25, 0.3) is 0 Å². The molecule has 7 rings (SSSR count). The van der Waals surface area contributed by atoms with E-state index < -0.39 is 0 Å². The lowest BCUT2D eigenvalue weighted by Crippen LogP contribution is -2.38. The second-order valence-corrected chi connectivity index (χ2v) is 13.8. The number of hydrogen-bond acceptors (Lipinski definition) is 7. The molecule has 4 N–H and O–H groups in total. The predicted octanol–water partition coefficient (Wildman–Crippen LogP) is 6.41. The fourth-order valence-corrected chi connectivity index (χ4v) is 7.83. The fourth-order valence-electron chi connectivity index (χ4n) is 7.17. The molecular weight excluding hydrogens is 659 g/mol. The van der Waals surface area contributed by atoms with Crippen LogP contribution in [0.1, 0.15) is 61.4 Å². The number of rotatable bonds is 11. The molecular formula is C38H40Cl2N6O3. The van der Waals surface area contributed by atoms with Gasteiger partial charge in [0, 0.05) is 90.2 Å².